The molecule has 3 aromatic rings. The molecule has 0 spiro atoms. The minimum atomic E-state index is -0.0964. The van der Waals surface area contributed by atoms with Crippen molar-refractivity contribution in [3.05, 3.63) is 88.7 Å². The van der Waals surface area contributed by atoms with E-state index in [0.29, 0.717) is 12.1 Å². The fourth-order valence-electron chi connectivity index (χ4n) is 5.28. The maximum Gasteiger partial charge on any atom is 0.254 e. The van der Waals surface area contributed by atoms with Gasteiger partial charge in [-0.05, 0) is 68.4 Å². The number of amides is 1. The van der Waals surface area contributed by atoms with Crippen molar-refractivity contribution < 1.29 is 4.79 Å². The van der Waals surface area contributed by atoms with Gasteiger partial charge in [0, 0.05) is 36.3 Å². The number of aromatic nitrogens is 2. The third-order valence-electron chi connectivity index (χ3n) is 7.20. The number of nitrogens with zero attached hydrogens (tertiary/aromatic N) is 5. The predicted molar refractivity (Wildman–Crippen MR) is 154 cm³/mol. The molecule has 1 aromatic carbocycles. The number of fused-ring (bicyclic) bond motifs is 5. The number of pyridine rings is 2. The Hall–Kier alpha value is -3.62. The van der Waals surface area contributed by atoms with Gasteiger partial charge in [-0.15, -0.1) is 0 Å². The molecule has 3 aliphatic rings. The van der Waals surface area contributed by atoms with Crippen LogP contribution in [0.5, 0.6) is 0 Å². The van der Waals surface area contributed by atoms with Crippen molar-refractivity contribution in [1.29, 1.82) is 0 Å². The average Bonchev–Trinajstić information content (AvgIpc) is 3.19. The third-order valence-corrected chi connectivity index (χ3v) is 8.34. The van der Waals surface area contributed by atoms with E-state index in [9.17, 15) is 4.79 Å². The van der Waals surface area contributed by atoms with Crippen molar-refractivity contribution >= 4 is 40.6 Å². The first-order valence-electron chi connectivity index (χ1n) is 13.3. The van der Waals surface area contributed by atoms with Gasteiger partial charge in [0.1, 0.15) is 11.6 Å². The zero-order valence-electron chi connectivity index (χ0n) is 21.9. The number of thioether (sulfide) groups is 1. The van der Waals surface area contributed by atoms with E-state index in [0.717, 1.165) is 83.1 Å². The van der Waals surface area contributed by atoms with E-state index >= 15 is 0 Å². The summed E-state index contributed by atoms with van der Waals surface area (Å²) >= 11 is 1.64. The summed E-state index contributed by atoms with van der Waals surface area (Å²) in [6, 6.07) is 18.4. The standard InChI is InChI=1S/C30H32N6OS/c1-3-9-22-23-13-14-26(35-17-8-16-34(2)18-19-35)33-28(23)36-24-11-4-5-12-25(24)38-30(36)27(22)29(37)32-20-21-10-6-7-15-31-21/h4-7,9-15H,3,8,16-20H2,1-2H3,(H,32,37)/b22-9+. The molecule has 194 valence electrons. The summed E-state index contributed by atoms with van der Waals surface area (Å²) in [4.78, 5) is 31.6. The van der Waals surface area contributed by atoms with Gasteiger partial charge in [-0.1, -0.05) is 43.0 Å². The highest BCUT2D eigenvalue weighted by Crippen LogP contribution is 2.56. The van der Waals surface area contributed by atoms with Crippen LogP contribution in [0.15, 0.2) is 82.4 Å². The van der Waals surface area contributed by atoms with Gasteiger partial charge >= 0.3 is 0 Å². The van der Waals surface area contributed by atoms with Crippen LogP contribution in [-0.2, 0) is 11.3 Å². The van der Waals surface area contributed by atoms with E-state index in [-0.39, 0.29) is 5.91 Å². The molecule has 8 heteroatoms. The van der Waals surface area contributed by atoms with Crippen LogP contribution in [0.2, 0.25) is 0 Å². The molecular weight excluding hydrogens is 492 g/mol. The number of carbonyl (C=O) groups excluding carboxylic acids is 1. The lowest BCUT2D eigenvalue weighted by atomic mass is 9.93. The van der Waals surface area contributed by atoms with Crippen LogP contribution in [0.25, 0.3) is 5.57 Å². The summed E-state index contributed by atoms with van der Waals surface area (Å²) in [5, 5.41) is 4.04. The molecule has 1 amide bonds. The zero-order valence-corrected chi connectivity index (χ0v) is 22.7. The van der Waals surface area contributed by atoms with Crippen LogP contribution in [0.1, 0.15) is 31.0 Å². The summed E-state index contributed by atoms with van der Waals surface area (Å²) in [6.07, 6.45) is 5.84. The molecule has 1 fully saturated rings. The molecule has 7 nitrogen and oxygen atoms in total. The van der Waals surface area contributed by atoms with Crippen molar-refractivity contribution in [2.24, 2.45) is 0 Å². The number of rotatable bonds is 5. The zero-order chi connectivity index (χ0) is 26.1. The molecule has 0 unspecified atom stereocenters. The fraction of sp³-hybridized carbons (Fsp3) is 0.300. The number of hydrogen-bond donors (Lipinski definition) is 1. The van der Waals surface area contributed by atoms with Gasteiger partial charge in [-0.2, -0.15) is 0 Å². The Morgan fingerprint density at radius 3 is 2.76 bits per heavy atom. The van der Waals surface area contributed by atoms with E-state index in [1.807, 2.05) is 24.3 Å². The van der Waals surface area contributed by atoms with Crippen LogP contribution >= 0.6 is 11.8 Å². The molecule has 0 aliphatic carbocycles. The number of anilines is 3. The van der Waals surface area contributed by atoms with Crippen molar-refractivity contribution in [2.75, 3.05) is 43.0 Å². The molecular formula is C30H32N6OS. The summed E-state index contributed by atoms with van der Waals surface area (Å²) in [6.45, 7) is 6.55. The second-order valence-corrected chi connectivity index (χ2v) is 10.8. The monoisotopic (exact) mass is 524 g/mol. The maximum absolute atomic E-state index is 13.8. The van der Waals surface area contributed by atoms with Crippen LogP contribution < -0.4 is 15.1 Å². The van der Waals surface area contributed by atoms with Gasteiger partial charge < -0.3 is 15.1 Å². The number of likely N-dealkylation sites (N-methyl/N-ethyl adjacent to an activating group) is 1. The average molecular weight is 525 g/mol. The smallest absolute Gasteiger partial charge is 0.254 e. The Kier molecular flexibility index (Phi) is 6.91. The molecule has 5 heterocycles. The van der Waals surface area contributed by atoms with E-state index < -0.39 is 0 Å². The van der Waals surface area contributed by atoms with Crippen LogP contribution in [-0.4, -0.2) is 54.0 Å². The Morgan fingerprint density at radius 2 is 1.92 bits per heavy atom. The summed E-state index contributed by atoms with van der Waals surface area (Å²) in [7, 11) is 2.18. The van der Waals surface area contributed by atoms with E-state index in [1.165, 1.54) is 0 Å². The molecule has 38 heavy (non-hydrogen) atoms. The first kappa shape index (κ1) is 24.7. The van der Waals surface area contributed by atoms with Crippen molar-refractivity contribution in [3.63, 3.8) is 0 Å². The van der Waals surface area contributed by atoms with Gasteiger partial charge in [-0.25, -0.2) is 4.98 Å². The van der Waals surface area contributed by atoms with E-state index in [1.54, 1.807) is 18.0 Å². The SMILES string of the molecule is CC/C=C1/C(C(=O)NCc2ccccn2)=C2Sc3ccccc3N2c2nc(N3CCCN(C)CC3)ccc21. The fourth-order valence-corrected chi connectivity index (χ4v) is 6.48. The largest absolute Gasteiger partial charge is 0.355 e. The number of carbonyl (C=O) groups is 1. The molecule has 2 aromatic heterocycles. The quantitative estimate of drug-likeness (QED) is 0.492. The Bertz CT molecular complexity index is 1420. The molecule has 0 radical (unpaired) electrons. The van der Waals surface area contributed by atoms with Crippen molar-refractivity contribution in [3.8, 4) is 0 Å². The first-order valence-corrected chi connectivity index (χ1v) is 14.1. The van der Waals surface area contributed by atoms with Crippen LogP contribution in [0.4, 0.5) is 17.3 Å². The summed E-state index contributed by atoms with van der Waals surface area (Å²) < 4.78 is 0. The Labute approximate surface area is 228 Å². The highest BCUT2D eigenvalue weighted by Gasteiger charge is 2.39. The molecule has 0 atom stereocenters. The van der Waals surface area contributed by atoms with Gasteiger partial charge in [-0.3, -0.25) is 14.7 Å². The lowest BCUT2D eigenvalue weighted by Gasteiger charge is -2.32. The number of allylic oxidation sites excluding steroid dienone is 1. The second-order valence-electron chi connectivity index (χ2n) is 9.80. The van der Waals surface area contributed by atoms with Gasteiger partial charge in [0.15, 0.2) is 0 Å². The summed E-state index contributed by atoms with van der Waals surface area (Å²) in [5.41, 5.74) is 4.54. The van der Waals surface area contributed by atoms with Gasteiger partial charge in [0.25, 0.3) is 5.91 Å². The van der Waals surface area contributed by atoms with Crippen LogP contribution in [0, 0.1) is 0 Å². The minimum absolute atomic E-state index is 0.0964. The lowest BCUT2D eigenvalue weighted by molar-refractivity contribution is -0.117. The molecule has 0 bridgehead atoms. The number of para-hydroxylation sites is 1. The summed E-state index contributed by atoms with van der Waals surface area (Å²) in [5.74, 6) is 1.79. The van der Waals surface area contributed by atoms with Gasteiger partial charge in [0.05, 0.1) is 28.5 Å². The predicted octanol–water partition coefficient (Wildman–Crippen LogP) is 5.20. The van der Waals surface area contributed by atoms with E-state index in [4.69, 9.17) is 4.98 Å². The van der Waals surface area contributed by atoms with Crippen LogP contribution in [0.3, 0.4) is 0 Å². The molecule has 0 saturated carbocycles. The number of hydrogen-bond acceptors (Lipinski definition) is 7. The van der Waals surface area contributed by atoms with Gasteiger partial charge in [0.2, 0.25) is 0 Å². The molecule has 1 N–H and O–H groups in total. The topological polar surface area (TPSA) is 64.6 Å². The second kappa shape index (κ2) is 10.6. The minimum Gasteiger partial charge on any atom is -0.355 e. The highest BCUT2D eigenvalue weighted by atomic mass is 32.2. The normalized spacial score (nSPS) is 18.2. The molecule has 6 rings (SSSR count). The molecule has 1 saturated heterocycles. The van der Waals surface area contributed by atoms with Crippen molar-refractivity contribution in [1.82, 2.24) is 20.2 Å². The third kappa shape index (κ3) is 4.59. The number of nitrogens with one attached hydrogen (secondary N) is 1. The Balaban J connectivity index is 1.44. The van der Waals surface area contributed by atoms with Crippen molar-refractivity contribution in [2.45, 2.75) is 31.2 Å². The molecule has 3 aliphatic heterocycles. The highest BCUT2D eigenvalue weighted by molar-refractivity contribution is 8.03. The lowest BCUT2D eigenvalue weighted by Crippen LogP contribution is -2.32. The number of benzene rings is 1. The van der Waals surface area contributed by atoms with E-state index in [2.05, 4.69) is 75.4 Å². The maximum atomic E-state index is 13.8. The Morgan fingerprint density at radius 1 is 1.05 bits per heavy atom. The first-order chi connectivity index (χ1) is 18.6.